The third-order valence-electron chi connectivity index (χ3n) is 5.02. The number of amides is 1. The number of likely N-dealkylation sites (N-methyl/N-ethyl adjacent to an activating group) is 1. The number of rotatable bonds is 8. The van der Waals surface area contributed by atoms with Crippen molar-refractivity contribution in [1.29, 1.82) is 0 Å². The number of aryl methyl sites for hydroxylation is 1. The molecule has 4 nitrogen and oxygen atoms in total. The molecule has 0 aliphatic carbocycles. The Hall–Kier alpha value is -2.63. The van der Waals surface area contributed by atoms with E-state index in [-0.39, 0.29) is 11.9 Å². The molecule has 0 fully saturated rings. The fourth-order valence-electron chi connectivity index (χ4n) is 3.13. The quantitative estimate of drug-likeness (QED) is 0.499. The minimum atomic E-state index is -0.0976. The van der Waals surface area contributed by atoms with Crippen molar-refractivity contribution < 1.29 is 14.0 Å². The number of thiophene rings is 1. The van der Waals surface area contributed by atoms with Crippen LogP contribution in [0.2, 0.25) is 0 Å². The van der Waals surface area contributed by atoms with Crippen molar-refractivity contribution in [2.75, 3.05) is 34.3 Å². The molecule has 0 saturated carbocycles. The number of carbonyl (C=O) groups is 1. The summed E-state index contributed by atoms with van der Waals surface area (Å²) in [4.78, 5) is 14.2. The van der Waals surface area contributed by atoms with E-state index in [0.29, 0.717) is 12.2 Å². The van der Waals surface area contributed by atoms with E-state index in [1.807, 2.05) is 38.1 Å². The Morgan fingerprint density at radius 3 is 2.60 bits per heavy atom. The normalized spacial score (nSPS) is 12.4. The number of carbonyl (C=O) groups excluding carboxylic acids is 1. The highest BCUT2D eigenvalue weighted by Crippen LogP contribution is 2.27. The van der Waals surface area contributed by atoms with Crippen LogP contribution < -0.4 is 10.1 Å². The summed E-state index contributed by atoms with van der Waals surface area (Å²) in [6.07, 6.45) is 0. The van der Waals surface area contributed by atoms with Gasteiger partial charge in [0.15, 0.2) is 0 Å². The van der Waals surface area contributed by atoms with Gasteiger partial charge in [0.05, 0.1) is 27.2 Å². The highest BCUT2D eigenvalue weighted by molar-refractivity contribution is 7.13. The monoisotopic (exact) mass is 423 g/mol. The van der Waals surface area contributed by atoms with Gasteiger partial charge in [-0.05, 0) is 60.2 Å². The van der Waals surface area contributed by atoms with Gasteiger partial charge in [0.2, 0.25) is 0 Å². The van der Waals surface area contributed by atoms with Gasteiger partial charge < -0.3 is 14.5 Å². The van der Waals surface area contributed by atoms with E-state index in [1.54, 1.807) is 11.3 Å². The van der Waals surface area contributed by atoms with Crippen molar-refractivity contribution in [3.8, 4) is 16.2 Å². The lowest BCUT2D eigenvalue weighted by molar-refractivity contribution is -0.870. The highest BCUT2D eigenvalue weighted by atomic mass is 32.1. The van der Waals surface area contributed by atoms with E-state index in [1.165, 1.54) is 10.4 Å². The molecular formula is C25H31N2O2S+. The smallest absolute Gasteiger partial charge is 0.252 e. The average molecular weight is 424 g/mol. The molecule has 5 heteroatoms. The lowest BCUT2D eigenvalue weighted by Gasteiger charge is -2.23. The number of ether oxygens (including phenoxy) is 1. The maximum atomic E-state index is 13.0. The first-order valence-electron chi connectivity index (χ1n) is 10.2. The van der Waals surface area contributed by atoms with Crippen LogP contribution in [0.15, 0.2) is 60.0 Å². The van der Waals surface area contributed by atoms with Gasteiger partial charge in [-0.25, -0.2) is 0 Å². The molecule has 158 valence electrons. The standard InChI is InChI=1S/C25H30N2O2S/c1-18-11-12-22(29-14-13-27(3,4)5)17-23(18)25(28)26-19(2)20-8-6-9-21(16-20)24-10-7-15-30-24/h6-12,15-17,19H,13-14H2,1-5H3/p+1/t19-/m1/s1. The summed E-state index contributed by atoms with van der Waals surface area (Å²) in [5.74, 6) is 0.644. The third kappa shape index (κ3) is 5.94. The molecule has 0 bridgehead atoms. The van der Waals surface area contributed by atoms with Crippen LogP contribution in [-0.2, 0) is 0 Å². The Morgan fingerprint density at radius 2 is 1.90 bits per heavy atom. The topological polar surface area (TPSA) is 38.3 Å². The van der Waals surface area contributed by atoms with Gasteiger partial charge >= 0.3 is 0 Å². The first-order valence-corrected chi connectivity index (χ1v) is 11.1. The Balaban J connectivity index is 1.69. The second kappa shape index (κ2) is 9.45. The van der Waals surface area contributed by atoms with Crippen molar-refractivity contribution in [2.45, 2.75) is 19.9 Å². The summed E-state index contributed by atoms with van der Waals surface area (Å²) in [6, 6.07) is 18.1. The highest BCUT2D eigenvalue weighted by Gasteiger charge is 2.16. The average Bonchev–Trinajstić information content (AvgIpc) is 3.23. The van der Waals surface area contributed by atoms with Crippen molar-refractivity contribution in [3.63, 3.8) is 0 Å². The zero-order valence-electron chi connectivity index (χ0n) is 18.4. The molecule has 0 radical (unpaired) electrons. The lowest BCUT2D eigenvalue weighted by Crippen LogP contribution is -2.38. The number of hydrogen-bond acceptors (Lipinski definition) is 3. The van der Waals surface area contributed by atoms with Crippen LogP contribution in [0, 0.1) is 6.92 Å². The Labute approximate surface area is 183 Å². The number of benzene rings is 2. The second-order valence-electron chi connectivity index (χ2n) is 8.64. The Bertz CT molecular complexity index is 991. The molecular weight excluding hydrogens is 392 g/mol. The summed E-state index contributed by atoms with van der Waals surface area (Å²) < 4.78 is 6.71. The molecule has 1 heterocycles. The van der Waals surface area contributed by atoms with Crippen LogP contribution >= 0.6 is 11.3 Å². The second-order valence-corrected chi connectivity index (χ2v) is 9.58. The summed E-state index contributed by atoms with van der Waals surface area (Å²) in [7, 11) is 6.39. The maximum Gasteiger partial charge on any atom is 0.252 e. The summed E-state index contributed by atoms with van der Waals surface area (Å²) >= 11 is 1.72. The molecule has 0 aliphatic heterocycles. The van der Waals surface area contributed by atoms with Gasteiger partial charge in [-0.3, -0.25) is 4.79 Å². The molecule has 0 spiro atoms. The lowest BCUT2D eigenvalue weighted by atomic mass is 10.0. The van der Waals surface area contributed by atoms with Crippen molar-refractivity contribution in [3.05, 3.63) is 76.7 Å². The van der Waals surface area contributed by atoms with Gasteiger partial charge in [-0.1, -0.05) is 30.3 Å². The fourth-order valence-corrected chi connectivity index (χ4v) is 3.86. The zero-order chi connectivity index (χ0) is 21.7. The van der Waals surface area contributed by atoms with E-state index < -0.39 is 0 Å². The molecule has 30 heavy (non-hydrogen) atoms. The molecule has 0 unspecified atom stereocenters. The van der Waals surface area contributed by atoms with E-state index >= 15 is 0 Å². The number of quaternary nitrogens is 1. The van der Waals surface area contributed by atoms with Gasteiger partial charge in [0.25, 0.3) is 5.91 Å². The van der Waals surface area contributed by atoms with E-state index in [4.69, 9.17) is 4.74 Å². The van der Waals surface area contributed by atoms with E-state index in [9.17, 15) is 4.79 Å². The molecule has 3 rings (SSSR count). The van der Waals surface area contributed by atoms with Crippen molar-refractivity contribution in [2.24, 2.45) is 0 Å². The van der Waals surface area contributed by atoms with Gasteiger partial charge in [-0.2, -0.15) is 0 Å². The fraction of sp³-hybridized carbons (Fsp3) is 0.320. The van der Waals surface area contributed by atoms with Crippen LogP contribution in [0.1, 0.15) is 34.5 Å². The van der Waals surface area contributed by atoms with Crippen LogP contribution in [0.5, 0.6) is 5.75 Å². The zero-order valence-corrected chi connectivity index (χ0v) is 19.3. The molecule has 1 atom stereocenters. The summed E-state index contributed by atoms with van der Waals surface area (Å²) in [5.41, 5.74) is 3.85. The van der Waals surface area contributed by atoms with Gasteiger partial charge in [-0.15, -0.1) is 11.3 Å². The first kappa shape index (κ1) is 22.1. The van der Waals surface area contributed by atoms with E-state index in [2.05, 4.69) is 62.2 Å². The molecule has 3 aromatic rings. The summed E-state index contributed by atoms with van der Waals surface area (Å²) in [6.45, 7) is 5.47. The SMILES string of the molecule is Cc1ccc(OCC[N+](C)(C)C)cc1C(=O)N[C@H](C)c1cccc(-c2cccs2)c1. The minimum Gasteiger partial charge on any atom is -0.488 e. The minimum absolute atomic E-state index is 0.0846. The van der Waals surface area contributed by atoms with Crippen LogP contribution in [-0.4, -0.2) is 44.7 Å². The Kier molecular flexibility index (Phi) is 6.95. The van der Waals surface area contributed by atoms with Crippen molar-refractivity contribution in [1.82, 2.24) is 5.32 Å². The van der Waals surface area contributed by atoms with Gasteiger partial charge in [0.1, 0.15) is 18.9 Å². The van der Waals surface area contributed by atoms with Crippen LogP contribution in [0.4, 0.5) is 0 Å². The van der Waals surface area contributed by atoms with Gasteiger partial charge in [0, 0.05) is 10.4 Å². The molecule has 0 saturated heterocycles. The predicted molar refractivity (Wildman–Crippen MR) is 125 cm³/mol. The summed E-state index contributed by atoms with van der Waals surface area (Å²) in [5, 5.41) is 5.21. The Morgan fingerprint density at radius 1 is 1.10 bits per heavy atom. The first-order chi connectivity index (χ1) is 14.2. The molecule has 1 amide bonds. The maximum absolute atomic E-state index is 13.0. The molecule has 1 aromatic heterocycles. The third-order valence-corrected chi connectivity index (χ3v) is 5.94. The molecule has 2 aromatic carbocycles. The van der Waals surface area contributed by atoms with E-state index in [0.717, 1.165) is 27.9 Å². The van der Waals surface area contributed by atoms with Crippen LogP contribution in [0.25, 0.3) is 10.4 Å². The molecule has 0 aliphatic rings. The predicted octanol–water partition coefficient (Wildman–Crippen LogP) is 5.30. The van der Waals surface area contributed by atoms with Crippen molar-refractivity contribution >= 4 is 17.2 Å². The number of nitrogens with one attached hydrogen (secondary N) is 1. The largest absolute Gasteiger partial charge is 0.488 e. The number of nitrogens with zero attached hydrogens (tertiary/aromatic N) is 1. The van der Waals surface area contributed by atoms with Crippen LogP contribution in [0.3, 0.4) is 0 Å². The number of hydrogen-bond donors (Lipinski definition) is 1. The molecule has 1 N–H and O–H groups in total.